The van der Waals surface area contributed by atoms with Crippen molar-refractivity contribution in [2.24, 2.45) is 5.73 Å². The average molecular weight is 342 g/mol. The summed E-state index contributed by atoms with van der Waals surface area (Å²) in [6, 6.07) is 6.94. The van der Waals surface area contributed by atoms with Crippen LogP contribution in [0, 0.1) is 6.92 Å². The summed E-state index contributed by atoms with van der Waals surface area (Å²) >= 11 is 0. The molecule has 0 radical (unpaired) electrons. The van der Waals surface area contributed by atoms with Gasteiger partial charge >= 0.3 is 0 Å². The van der Waals surface area contributed by atoms with Gasteiger partial charge in [0.15, 0.2) is 6.61 Å². The fourth-order valence-corrected chi connectivity index (χ4v) is 3.09. The molecule has 2 N–H and O–H groups in total. The number of carbonyl (C=O) groups is 2. The van der Waals surface area contributed by atoms with Crippen molar-refractivity contribution < 1.29 is 14.3 Å². The number of primary amides is 1. The first kappa shape index (κ1) is 17.0. The van der Waals surface area contributed by atoms with Gasteiger partial charge < -0.3 is 15.4 Å². The molecule has 7 nitrogen and oxygen atoms in total. The van der Waals surface area contributed by atoms with Gasteiger partial charge in [-0.2, -0.15) is 5.10 Å². The van der Waals surface area contributed by atoms with E-state index < -0.39 is 5.91 Å². The lowest BCUT2D eigenvalue weighted by molar-refractivity contribution is -0.119. The summed E-state index contributed by atoms with van der Waals surface area (Å²) < 4.78 is 7.11. The van der Waals surface area contributed by atoms with Crippen molar-refractivity contribution in [1.82, 2.24) is 14.7 Å². The second-order valence-corrected chi connectivity index (χ2v) is 6.31. The zero-order valence-corrected chi connectivity index (χ0v) is 14.2. The minimum absolute atomic E-state index is 0.00725. The number of nitrogens with zero attached hydrogens (tertiary/aromatic N) is 3. The number of benzene rings is 1. The molecule has 7 heteroatoms. The van der Waals surface area contributed by atoms with Crippen LogP contribution in [0.4, 0.5) is 0 Å². The molecule has 2 amide bonds. The molecule has 1 saturated heterocycles. The molecule has 0 aliphatic carbocycles. The molecule has 1 fully saturated rings. The van der Waals surface area contributed by atoms with Gasteiger partial charge in [-0.05, 0) is 49.6 Å². The van der Waals surface area contributed by atoms with Crippen molar-refractivity contribution in [3.8, 4) is 5.75 Å². The largest absolute Gasteiger partial charge is 0.484 e. The molecule has 2 aromatic rings. The van der Waals surface area contributed by atoms with Gasteiger partial charge in [0, 0.05) is 18.3 Å². The molecule has 0 bridgehead atoms. The summed E-state index contributed by atoms with van der Waals surface area (Å²) in [5.74, 6) is -0.0120. The molecule has 1 aromatic carbocycles. The van der Waals surface area contributed by atoms with E-state index in [0.717, 1.165) is 24.9 Å². The Kier molecular flexibility index (Phi) is 5.02. The van der Waals surface area contributed by atoms with E-state index in [-0.39, 0.29) is 18.6 Å². The third-order valence-corrected chi connectivity index (χ3v) is 4.28. The molecular formula is C18H22N4O3. The smallest absolute Gasteiger partial charge is 0.255 e. The van der Waals surface area contributed by atoms with Crippen LogP contribution in [0.3, 0.4) is 0 Å². The number of nitrogens with two attached hydrogens (primary N) is 1. The van der Waals surface area contributed by atoms with Crippen LogP contribution in [0.2, 0.25) is 0 Å². The fraction of sp³-hybridized carbons (Fsp3) is 0.389. The number of carbonyl (C=O) groups excluding carboxylic acids is 2. The maximum atomic E-state index is 12.8. The molecule has 1 aliphatic rings. The molecule has 0 saturated carbocycles. The molecule has 1 aromatic heterocycles. The lowest BCUT2D eigenvalue weighted by Crippen LogP contribution is -2.38. The Morgan fingerprint density at radius 2 is 2.08 bits per heavy atom. The van der Waals surface area contributed by atoms with Gasteiger partial charge in [-0.3, -0.25) is 14.3 Å². The number of ether oxygens (including phenoxy) is 1. The zero-order valence-electron chi connectivity index (χ0n) is 14.2. The molecule has 0 spiro atoms. The Morgan fingerprint density at radius 3 is 2.72 bits per heavy atom. The van der Waals surface area contributed by atoms with Crippen LogP contribution in [0.25, 0.3) is 0 Å². The lowest BCUT2D eigenvalue weighted by Gasteiger charge is -2.25. The Bertz CT molecular complexity index is 754. The van der Waals surface area contributed by atoms with Crippen molar-refractivity contribution in [3.63, 3.8) is 0 Å². The highest BCUT2D eigenvalue weighted by atomic mass is 16.5. The number of hydrogen-bond donors (Lipinski definition) is 1. The Labute approximate surface area is 146 Å². The van der Waals surface area contributed by atoms with E-state index in [1.807, 2.05) is 28.9 Å². The average Bonchev–Trinajstić information content (AvgIpc) is 3.22. The van der Waals surface area contributed by atoms with Crippen molar-refractivity contribution in [1.29, 1.82) is 0 Å². The maximum Gasteiger partial charge on any atom is 0.255 e. The molecule has 0 unspecified atom stereocenters. The second-order valence-electron chi connectivity index (χ2n) is 6.31. The van der Waals surface area contributed by atoms with Gasteiger partial charge in [-0.1, -0.05) is 0 Å². The van der Waals surface area contributed by atoms with Crippen LogP contribution in [-0.4, -0.2) is 45.7 Å². The number of rotatable bonds is 6. The topological polar surface area (TPSA) is 90.4 Å². The molecule has 1 aliphatic heterocycles. The van der Waals surface area contributed by atoms with E-state index in [1.165, 1.54) is 0 Å². The van der Waals surface area contributed by atoms with Crippen molar-refractivity contribution in [2.45, 2.75) is 32.4 Å². The van der Waals surface area contributed by atoms with Crippen molar-refractivity contribution in [2.75, 3.05) is 13.2 Å². The monoisotopic (exact) mass is 342 g/mol. The van der Waals surface area contributed by atoms with Crippen LogP contribution >= 0.6 is 0 Å². The van der Waals surface area contributed by atoms with Crippen LogP contribution in [0.15, 0.2) is 36.7 Å². The van der Waals surface area contributed by atoms with Crippen molar-refractivity contribution >= 4 is 11.8 Å². The predicted octanol–water partition coefficient (Wildman–Crippen LogP) is 1.36. The number of aromatic nitrogens is 2. The molecule has 132 valence electrons. The van der Waals surface area contributed by atoms with Crippen LogP contribution in [0.5, 0.6) is 5.75 Å². The molecule has 3 rings (SSSR count). The lowest BCUT2D eigenvalue weighted by atomic mass is 10.1. The van der Waals surface area contributed by atoms with Gasteiger partial charge in [0.25, 0.3) is 11.8 Å². The highest BCUT2D eigenvalue weighted by Crippen LogP contribution is 2.22. The number of likely N-dealkylation sites (tertiary alicyclic amines) is 1. The van der Waals surface area contributed by atoms with E-state index in [2.05, 4.69) is 5.10 Å². The van der Waals surface area contributed by atoms with E-state index >= 15 is 0 Å². The van der Waals surface area contributed by atoms with Gasteiger partial charge in [-0.25, -0.2) is 0 Å². The van der Waals surface area contributed by atoms with Crippen LogP contribution < -0.4 is 10.5 Å². The molecule has 2 heterocycles. The van der Waals surface area contributed by atoms with E-state index in [0.29, 0.717) is 17.9 Å². The first-order chi connectivity index (χ1) is 12.0. The predicted molar refractivity (Wildman–Crippen MR) is 92.2 cm³/mol. The summed E-state index contributed by atoms with van der Waals surface area (Å²) in [7, 11) is 0. The standard InChI is InChI=1S/C18H22N4O3/c1-13-9-20-21(10-13)11-15-3-2-8-22(15)18(24)14-4-6-16(7-5-14)25-12-17(19)23/h4-7,9-10,15H,2-3,8,11-12H2,1H3,(H2,19,23)/t15-/m0/s1. The first-order valence-corrected chi connectivity index (χ1v) is 8.34. The highest BCUT2D eigenvalue weighted by Gasteiger charge is 2.29. The summed E-state index contributed by atoms with van der Waals surface area (Å²) in [5, 5.41) is 4.32. The summed E-state index contributed by atoms with van der Waals surface area (Å²) in [6.07, 6.45) is 5.79. The van der Waals surface area contributed by atoms with Crippen LogP contribution in [0.1, 0.15) is 28.8 Å². The van der Waals surface area contributed by atoms with Gasteiger partial charge in [0.1, 0.15) is 5.75 Å². The molecule has 1 atom stereocenters. The normalized spacial score (nSPS) is 16.8. The third-order valence-electron chi connectivity index (χ3n) is 4.28. The quantitative estimate of drug-likeness (QED) is 0.858. The van der Waals surface area contributed by atoms with E-state index in [9.17, 15) is 9.59 Å². The van der Waals surface area contributed by atoms with E-state index in [1.54, 1.807) is 24.3 Å². The van der Waals surface area contributed by atoms with Gasteiger partial charge in [0.05, 0.1) is 18.8 Å². The second kappa shape index (κ2) is 7.38. The third kappa shape index (κ3) is 4.17. The summed E-state index contributed by atoms with van der Waals surface area (Å²) in [4.78, 5) is 25.5. The Hall–Kier alpha value is -2.83. The minimum atomic E-state index is -0.533. The fourth-order valence-electron chi connectivity index (χ4n) is 3.09. The number of amides is 2. The number of aryl methyl sites for hydroxylation is 1. The minimum Gasteiger partial charge on any atom is -0.484 e. The Morgan fingerprint density at radius 1 is 1.32 bits per heavy atom. The highest BCUT2D eigenvalue weighted by molar-refractivity contribution is 5.94. The molecular weight excluding hydrogens is 320 g/mol. The number of hydrogen-bond acceptors (Lipinski definition) is 4. The van der Waals surface area contributed by atoms with Crippen molar-refractivity contribution in [3.05, 3.63) is 47.8 Å². The van der Waals surface area contributed by atoms with E-state index in [4.69, 9.17) is 10.5 Å². The summed E-state index contributed by atoms with van der Waals surface area (Å²) in [5.41, 5.74) is 6.77. The molecule has 25 heavy (non-hydrogen) atoms. The van der Waals surface area contributed by atoms with Crippen LogP contribution in [-0.2, 0) is 11.3 Å². The SMILES string of the molecule is Cc1cnn(C[C@@H]2CCCN2C(=O)c2ccc(OCC(N)=O)cc2)c1. The zero-order chi connectivity index (χ0) is 17.8. The first-order valence-electron chi connectivity index (χ1n) is 8.34. The maximum absolute atomic E-state index is 12.8. The Balaban J connectivity index is 1.65. The van der Waals surface area contributed by atoms with Gasteiger partial charge in [-0.15, -0.1) is 0 Å². The van der Waals surface area contributed by atoms with Gasteiger partial charge in [0.2, 0.25) is 0 Å². The summed E-state index contributed by atoms with van der Waals surface area (Å²) in [6.45, 7) is 3.29.